The lowest BCUT2D eigenvalue weighted by Crippen LogP contribution is -2.37. The molecule has 0 radical (unpaired) electrons. The molecule has 1 N–H and O–H groups in total. The van der Waals surface area contributed by atoms with E-state index in [1.54, 1.807) is 0 Å². The molecule has 2 heteroatoms. The van der Waals surface area contributed by atoms with Crippen LogP contribution in [0.2, 0.25) is 0 Å². The number of hydrogen-bond donors (Lipinski definition) is 1. The van der Waals surface area contributed by atoms with E-state index in [1.165, 1.54) is 30.5 Å². The minimum Gasteiger partial charge on any atom is -0.316 e. The highest BCUT2D eigenvalue weighted by Crippen LogP contribution is 2.34. The minimum atomic E-state index is 0.743. The largest absolute Gasteiger partial charge is 0.316 e. The minimum absolute atomic E-state index is 0.743. The molecule has 0 aromatic carbocycles. The smallest absolute Gasteiger partial charge is 0.0342 e. The summed E-state index contributed by atoms with van der Waals surface area (Å²) in [6.45, 7) is 2.34. The summed E-state index contributed by atoms with van der Waals surface area (Å²) >= 11 is 0. The first kappa shape index (κ1) is 9.10. The summed E-state index contributed by atoms with van der Waals surface area (Å²) in [5, 5.41) is 3.50. The van der Waals surface area contributed by atoms with Gasteiger partial charge in [0, 0.05) is 18.9 Å². The molecule has 15 heavy (non-hydrogen) atoms. The summed E-state index contributed by atoms with van der Waals surface area (Å²) in [6.07, 6.45) is 8.86. The Labute approximate surface area is 90.4 Å². The van der Waals surface area contributed by atoms with Gasteiger partial charge in [-0.1, -0.05) is 12.1 Å². The second-order valence-electron chi connectivity index (χ2n) is 4.66. The zero-order valence-electron chi connectivity index (χ0n) is 8.82. The molecule has 2 heterocycles. The summed E-state index contributed by atoms with van der Waals surface area (Å²) in [5.41, 5.74) is 2.82. The van der Waals surface area contributed by atoms with Gasteiger partial charge >= 0.3 is 0 Å². The van der Waals surface area contributed by atoms with Crippen LogP contribution in [0.4, 0.5) is 0 Å². The van der Waals surface area contributed by atoms with Gasteiger partial charge in [-0.25, -0.2) is 0 Å². The van der Waals surface area contributed by atoms with E-state index < -0.39 is 0 Å². The molecule has 2 nitrogen and oxygen atoms in total. The molecule has 1 aliphatic heterocycles. The molecular weight excluding hydrogens is 184 g/mol. The van der Waals surface area contributed by atoms with Crippen molar-refractivity contribution in [1.29, 1.82) is 0 Å². The van der Waals surface area contributed by atoms with Crippen molar-refractivity contribution in [3.63, 3.8) is 0 Å². The quantitative estimate of drug-likeness (QED) is 0.751. The van der Waals surface area contributed by atoms with Crippen LogP contribution in [0.15, 0.2) is 30.6 Å². The zero-order valence-corrected chi connectivity index (χ0v) is 8.82. The van der Waals surface area contributed by atoms with Crippen molar-refractivity contribution in [3.05, 3.63) is 36.2 Å². The third-order valence-electron chi connectivity index (χ3n) is 3.45. The van der Waals surface area contributed by atoms with Gasteiger partial charge in [0.2, 0.25) is 0 Å². The first-order valence-electron chi connectivity index (χ1n) is 5.73. The molecule has 78 valence electrons. The highest BCUT2D eigenvalue weighted by molar-refractivity contribution is 5.66. The van der Waals surface area contributed by atoms with Gasteiger partial charge in [-0.05, 0) is 48.4 Å². The standard InChI is InChI=1S/C13H16N2/c1-2-12(9-14-3-1)13-5-10-4-11(6-13)8-15-7-10/h1-3,5,9-11,15H,4,6-8H2/t10-,11+/m0/s1. The lowest BCUT2D eigenvalue weighted by atomic mass is 9.78. The molecule has 3 rings (SSSR count). The summed E-state index contributed by atoms with van der Waals surface area (Å²) in [4.78, 5) is 4.20. The molecule has 2 atom stereocenters. The van der Waals surface area contributed by atoms with E-state index >= 15 is 0 Å². The Balaban J connectivity index is 1.91. The molecule has 0 saturated carbocycles. The maximum absolute atomic E-state index is 4.20. The van der Waals surface area contributed by atoms with Crippen LogP contribution in [0.1, 0.15) is 18.4 Å². The molecule has 0 unspecified atom stereocenters. The highest BCUT2D eigenvalue weighted by Gasteiger charge is 2.26. The van der Waals surface area contributed by atoms with Gasteiger partial charge in [-0.15, -0.1) is 0 Å². The van der Waals surface area contributed by atoms with E-state index in [0.717, 1.165) is 18.4 Å². The van der Waals surface area contributed by atoms with Gasteiger partial charge in [0.05, 0.1) is 0 Å². The number of nitrogens with zero attached hydrogens (tertiary/aromatic N) is 1. The van der Waals surface area contributed by atoms with Gasteiger partial charge in [0.1, 0.15) is 0 Å². The number of piperidine rings is 1. The maximum Gasteiger partial charge on any atom is 0.0342 e. The highest BCUT2D eigenvalue weighted by atomic mass is 14.9. The maximum atomic E-state index is 4.20. The lowest BCUT2D eigenvalue weighted by Gasteiger charge is -2.34. The van der Waals surface area contributed by atoms with Crippen LogP contribution in [-0.2, 0) is 0 Å². The number of fused-ring (bicyclic) bond motifs is 2. The SMILES string of the molecule is C1=C(c2cccnc2)C[C@@H]2CNC[C@H]1C2. The normalized spacial score (nSPS) is 29.7. The van der Waals surface area contributed by atoms with Crippen LogP contribution in [0.5, 0.6) is 0 Å². The van der Waals surface area contributed by atoms with E-state index in [2.05, 4.69) is 22.4 Å². The van der Waals surface area contributed by atoms with Crippen molar-refractivity contribution < 1.29 is 0 Å². The third kappa shape index (κ3) is 1.82. The van der Waals surface area contributed by atoms with E-state index in [0.29, 0.717) is 0 Å². The molecule has 2 aliphatic rings. The second kappa shape index (κ2) is 3.78. The van der Waals surface area contributed by atoms with Gasteiger partial charge in [0.25, 0.3) is 0 Å². The van der Waals surface area contributed by atoms with Crippen LogP contribution >= 0.6 is 0 Å². The van der Waals surface area contributed by atoms with Crippen molar-refractivity contribution in [3.8, 4) is 0 Å². The molecule has 1 aliphatic carbocycles. The molecule has 2 bridgehead atoms. The van der Waals surface area contributed by atoms with Crippen LogP contribution in [0.3, 0.4) is 0 Å². The third-order valence-corrected chi connectivity index (χ3v) is 3.45. The van der Waals surface area contributed by atoms with Crippen molar-refractivity contribution in [2.75, 3.05) is 13.1 Å². The van der Waals surface area contributed by atoms with Gasteiger partial charge in [-0.3, -0.25) is 4.98 Å². The van der Waals surface area contributed by atoms with Crippen molar-refractivity contribution in [1.82, 2.24) is 10.3 Å². The average Bonchev–Trinajstić information content (AvgIpc) is 2.30. The predicted octanol–water partition coefficient (Wildman–Crippen LogP) is 2.09. The van der Waals surface area contributed by atoms with Gasteiger partial charge < -0.3 is 5.32 Å². The summed E-state index contributed by atoms with van der Waals surface area (Å²) < 4.78 is 0. The Morgan fingerprint density at radius 2 is 2.33 bits per heavy atom. The Kier molecular flexibility index (Phi) is 2.29. The van der Waals surface area contributed by atoms with Crippen LogP contribution in [0, 0.1) is 11.8 Å². The first-order valence-corrected chi connectivity index (χ1v) is 5.73. The molecule has 1 saturated heterocycles. The number of aromatic nitrogens is 1. The Morgan fingerprint density at radius 1 is 1.33 bits per heavy atom. The molecule has 0 amide bonds. The zero-order chi connectivity index (χ0) is 10.1. The molecule has 0 spiro atoms. The van der Waals surface area contributed by atoms with E-state index in [1.807, 2.05) is 18.5 Å². The van der Waals surface area contributed by atoms with Gasteiger partial charge in [-0.2, -0.15) is 0 Å². The number of rotatable bonds is 1. The number of hydrogen-bond acceptors (Lipinski definition) is 2. The second-order valence-corrected chi connectivity index (χ2v) is 4.66. The topological polar surface area (TPSA) is 24.9 Å². The van der Waals surface area contributed by atoms with E-state index in [9.17, 15) is 0 Å². The summed E-state index contributed by atoms with van der Waals surface area (Å²) in [7, 11) is 0. The van der Waals surface area contributed by atoms with Crippen LogP contribution in [0.25, 0.3) is 5.57 Å². The monoisotopic (exact) mass is 200 g/mol. The lowest BCUT2D eigenvalue weighted by molar-refractivity contribution is 0.317. The predicted molar refractivity (Wildman–Crippen MR) is 61.3 cm³/mol. The van der Waals surface area contributed by atoms with Crippen molar-refractivity contribution in [2.24, 2.45) is 11.8 Å². The average molecular weight is 200 g/mol. The fourth-order valence-electron chi connectivity index (χ4n) is 2.78. The summed E-state index contributed by atoms with van der Waals surface area (Å²) in [5.74, 6) is 1.58. The van der Waals surface area contributed by atoms with E-state index in [-0.39, 0.29) is 0 Å². The first-order chi connectivity index (χ1) is 7.42. The molecular formula is C13H16N2. The van der Waals surface area contributed by atoms with Crippen molar-refractivity contribution in [2.45, 2.75) is 12.8 Å². The van der Waals surface area contributed by atoms with E-state index in [4.69, 9.17) is 0 Å². The molecule has 1 aromatic heterocycles. The summed E-state index contributed by atoms with van der Waals surface area (Å²) in [6, 6.07) is 4.20. The van der Waals surface area contributed by atoms with Crippen LogP contribution < -0.4 is 5.32 Å². The fraction of sp³-hybridized carbons (Fsp3) is 0.462. The number of allylic oxidation sites excluding steroid dienone is 1. The Hall–Kier alpha value is -1.15. The Morgan fingerprint density at radius 3 is 3.13 bits per heavy atom. The number of pyridine rings is 1. The fourth-order valence-corrected chi connectivity index (χ4v) is 2.78. The molecule has 1 aromatic rings. The molecule has 1 fully saturated rings. The van der Waals surface area contributed by atoms with Gasteiger partial charge in [0.15, 0.2) is 0 Å². The number of nitrogens with one attached hydrogen (secondary N) is 1. The Bertz CT molecular complexity index is 369. The van der Waals surface area contributed by atoms with Crippen LogP contribution in [-0.4, -0.2) is 18.1 Å². The van der Waals surface area contributed by atoms with Crippen molar-refractivity contribution >= 4 is 5.57 Å².